The molecule has 1 saturated heterocycles. The first-order chi connectivity index (χ1) is 17.9. The van der Waals surface area contributed by atoms with E-state index in [0.29, 0.717) is 18.8 Å². The molecule has 192 valence electrons. The highest BCUT2D eigenvalue weighted by Gasteiger charge is 2.24. The number of aryl methyl sites for hydroxylation is 1. The lowest BCUT2D eigenvalue weighted by atomic mass is 9.91. The third kappa shape index (κ3) is 5.57. The molecule has 0 saturated carbocycles. The Kier molecular flexibility index (Phi) is 7.62. The molecule has 0 spiro atoms. The summed E-state index contributed by atoms with van der Waals surface area (Å²) in [5, 5.41) is 11.9. The molecule has 0 aliphatic carbocycles. The van der Waals surface area contributed by atoms with Gasteiger partial charge in [-0.1, -0.05) is 6.07 Å². The van der Waals surface area contributed by atoms with Crippen molar-refractivity contribution in [2.24, 2.45) is 0 Å². The van der Waals surface area contributed by atoms with E-state index in [0.717, 1.165) is 59.5 Å². The van der Waals surface area contributed by atoms with Crippen molar-refractivity contribution in [2.45, 2.75) is 31.6 Å². The Balaban J connectivity index is 1.46. The summed E-state index contributed by atoms with van der Waals surface area (Å²) in [4.78, 5) is 13.6. The van der Waals surface area contributed by atoms with Gasteiger partial charge in [0.15, 0.2) is 5.13 Å². The number of nitriles is 1. The molecule has 4 heterocycles. The highest BCUT2D eigenvalue weighted by molar-refractivity contribution is 7.79. The van der Waals surface area contributed by atoms with Gasteiger partial charge in [0, 0.05) is 37.0 Å². The molecule has 0 bridgehead atoms. The largest absolute Gasteiger partial charge is 0.771 e. The second-order valence-corrected chi connectivity index (χ2v) is 10.8. The van der Waals surface area contributed by atoms with Gasteiger partial charge in [0.25, 0.3) is 0 Å². The highest BCUT2D eigenvalue weighted by atomic mass is 32.2. The topological polar surface area (TPSA) is 101 Å². The number of halogens is 1. The Labute approximate surface area is 221 Å². The molecule has 5 rings (SSSR count). The average molecular weight is 538 g/mol. The van der Waals surface area contributed by atoms with Crippen LogP contribution in [0.5, 0.6) is 0 Å². The fourth-order valence-corrected chi connectivity index (χ4v) is 6.20. The number of likely N-dealkylation sites (tertiary alicyclic amines) is 1. The maximum absolute atomic E-state index is 13.4. The van der Waals surface area contributed by atoms with Crippen LogP contribution in [0.1, 0.15) is 36.4 Å². The maximum Gasteiger partial charge on any atom is 0.191 e. The second-order valence-electron chi connectivity index (χ2n) is 9.14. The molecule has 0 amide bonds. The minimum atomic E-state index is -2.06. The van der Waals surface area contributed by atoms with E-state index >= 15 is 0 Å². The Morgan fingerprint density at radius 3 is 2.68 bits per heavy atom. The third-order valence-corrected chi connectivity index (χ3v) is 8.24. The van der Waals surface area contributed by atoms with E-state index in [9.17, 15) is 18.4 Å². The molecular weight excluding hydrogens is 511 g/mol. The SMILES string of the molecule is CN(c1nc(-c2ccc(F)cc2)cs1)c1c(CCC#N)nc2ccc(C3CCN(CS(=O)[O-])CC3)cn12. The van der Waals surface area contributed by atoms with E-state index in [-0.39, 0.29) is 11.7 Å². The molecule has 1 aliphatic heterocycles. The number of anilines is 2. The van der Waals surface area contributed by atoms with E-state index in [1.54, 1.807) is 12.1 Å². The summed E-state index contributed by atoms with van der Waals surface area (Å²) in [6.07, 6.45) is 4.77. The number of hydrogen-bond acceptors (Lipinski definition) is 8. The summed E-state index contributed by atoms with van der Waals surface area (Å²) in [6.45, 7) is 1.48. The van der Waals surface area contributed by atoms with Crippen molar-refractivity contribution in [3.05, 3.63) is 65.0 Å². The molecule has 3 aromatic heterocycles. The van der Waals surface area contributed by atoms with Crippen LogP contribution in [-0.4, -0.2) is 54.0 Å². The Morgan fingerprint density at radius 1 is 1.22 bits per heavy atom. The maximum atomic E-state index is 13.4. The smallest absolute Gasteiger partial charge is 0.191 e. The van der Waals surface area contributed by atoms with Gasteiger partial charge < -0.3 is 9.45 Å². The van der Waals surface area contributed by atoms with Crippen LogP contribution < -0.4 is 4.90 Å². The zero-order valence-electron chi connectivity index (χ0n) is 20.3. The molecule has 1 unspecified atom stereocenters. The number of imidazole rings is 1. The molecule has 1 atom stereocenters. The number of aromatic nitrogens is 3. The van der Waals surface area contributed by atoms with E-state index < -0.39 is 11.1 Å². The minimum Gasteiger partial charge on any atom is -0.771 e. The van der Waals surface area contributed by atoms with Crippen LogP contribution in [0.2, 0.25) is 0 Å². The number of thiazole rings is 1. The zero-order chi connectivity index (χ0) is 25.9. The lowest BCUT2D eigenvalue weighted by Crippen LogP contribution is -2.35. The van der Waals surface area contributed by atoms with E-state index in [4.69, 9.17) is 9.97 Å². The molecule has 1 fully saturated rings. The highest BCUT2D eigenvalue weighted by Crippen LogP contribution is 2.35. The van der Waals surface area contributed by atoms with Gasteiger partial charge in [-0.2, -0.15) is 5.26 Å². The van der Waals surface area contributed by atoms with Gasteiger partial charge >= 0.3 is 0 Å². The second kappa shape index (κ2) is 11.1. The molecule has 0 radical (unpaired) electrons. The van der Waals surface area contributed by atoms with Crippen LogP contribution in [0, 0.1) is 17.1 Å². The van der Waals surface area contributed by atoms with E-state index in [1.807, 2.05) is 28.3 Å². The predicted octanol–water partition coefficient (Wildman–Crippen LogP) is 4.84. The number of fused-ring (bicyclic) bond motifs is 1. The van der Waals surface area contributed by atoms with Gasteiger partial charge in [-0.15, -0.1) is 11.3 Å². The first-order valence-electron chi connectivity index (χ1n) is 12.0. The summed E-state index contributed by atoms with van der Waals surface area (Å²) in [5.74, 6) is 0.990. The third-order valence-electron chi connectivity index (χ3n) is 6.74. The molecule has 1 aromatic carbocycles. The van der Waals surface area contributed by atoms with Crippen molar-refractivity contribution >= 4 is 39.0 Å². The summed E-state index contributed by atoms with van der Waals surface area (Å²) < 4.78 is 37.6. The normalized spacial score (nSPS) is 15.6. The van der Waals surface area contributed by atoms with Crippen molar-refractivity contribution in [2.75, 3.05) is 30.9 Å². The van der Waals surface area contributed by atoms with Crippen molar-refractivity contribution in [1.29, 1.82) is 5.26 Å². The predicted molar refractivity (Wildman–Crippen MR) is 142 cm³/mol. The Morgan fingerprint density at radius 2 is 1.97 bits per heavy atom. The van der Waals surface area contributed by atoms with Crippen molar-refractivity contribution < 1.29 is 13.2 Å². The molecule has 11 heteroatoms. The number of nitrogens with zero attached hydrogens (tertiary/aromatic N) is 6. The molecule has 8 nitrogen and oxygen atoms in total. The van der Waals surface area contributed by atoms with Crippen LogP contribution in [0.4, 0.5) is 15.3 Å². The summed E-state index contributed by atoms with van der Waals surface area (Å²) in [7, 11) is 1.95. The molecular formula is C26H26FN6O2S2-. The standard InChI is InChI=1S/C26H27FN6O2S2/c1-31(26-30-23(16-36-26)19-4-7-21(27)8-5-19)25-22(3-2-12-28)29-24-9-6-20(15-33(24)25)18-10-13-32(14-11-18)17-37(34)35/h4-9,15-16,18H,2-3,10-11,13-14,17H2,1H3,(H,34,35)/p-1. The summed E-state index contributed by atoms with van der Waals surface area (Å²) in [5.41, 5.74) is 4.42. The average Bonchev–Trinajstić information content (AvgIpc) is 3.52. The fourth-order valence-electron chi connectivity index (χ4n) is 4.84. The van der Waals surface area contributed by atoms with Crippen LogP contribution in [0.25, 0.3) is 16.9 Å². The molecule has 4 aromatic rings. The van der Waals surface area contributed by atoms with Crippen LogP contribution >= 0.6 is 11.3 Å². The van der Waals surface area contributed by atoms with Gasteiger partial charge in [0.2, 0.25) is 0 Å². The lowest BCUT2D eigenvalue weighted by molar-refractivity contribution is 0.239. The lowest BCUT2D eigenvalue weighted by Gasteiger charge is -2.32. The molecule has 0 N–H and O–H groups in total. The monoisotopic (exact) mass is 537 g/mol. The number of hydrogen-bond donors (Lipinski definition) is 0. The molecule has 1 aliphatic rings. The van der Waals surface area contributed by atoms with Crippen molar-refractivity contribution in [3.63, 3.8) is 0 Å². The van der Waals surface area contributed by atoms with Gasteiger partial charge in [-0.25, -0.2) is 14.4 Å². The van der Waals surface area contributed by atoms with Crippen LogP contribution in [0.3, 0.4) is 0 Å². The Hall–Kier alpha value is -3.17. The number of rotatable bonds is 8. The first kappa shape index (κ1) is 25.5. The summed E-state index contributed by atoms with van der Waals surface area (Å²) >= 11 is -0.570. The fraction of sp³-hybridized carbons (Fsp3) is 0.346. The molecule has 37 heavy (non-hydrogen) atoms. The van der Waals surface area contributed by atoms with Gasteiger partial charge in [0.05, 0.1) is 23.3 Å². The number of pyridine rings is 1. The van der Waals surface area contributed by atoms with Crippen molar-refractivity contribution in [3.8, 4) is 17.3 Å². The zero-order valence-corrected chi connectivity index (χ0v) is 22.0. The minimum absolute atomic E-state index is 0.0815. The van der Waals surface area contributed by atoms with Gasteiger partial charge in [0.1, 0.15) is 17.3 Å². The van der Waals surface area contributed by atoms with E-state index in [1.165, 1.54) is 29.0 Å². The van der Waals surface area contributed by atoms with E-state index in [2.05, 4.69) is 22.7 Å². The van der Waals surface area contributed by atoms with Gasteiger partial charge in [-0.05, 0) is 78.8 Å². The first-order valence-corrected chi connectivity index (χ1v) is 14.2. The van der Waals surface area contributed by atoms with Crippen molar-refractivity contribution in [1.82, 2.24) is 19.3 Å². The summed E-state index contributed by atoms with van der Waals surface area (Å²) in [6, 6.07) is 12.6. The van der Waals surface area contributed by atoms with Crippen LogP contribution in [0.15, 0.2) is 48.0 Å². The quantitative estimate of drug-likeness (QED) is 0.297. The number of benzene rings is 1. The Bertz CT molecular complexity index is 1450. The van der Waals surface area contributed by atoms with Crippen LogP contribution in [-0.2, 0) is 17.5 Å². The number of piperidine rings is 1. The van der Waals surface area contributed by atoms with Gasteiger partial charge in [-0.3, -0.25) is 13.5 Å².